The molecule has 0 spiro atoms. The van der Waals surface area contributed by atoms with Crippen LogP contribution in [0, 0.1) is 0 Å². The van der Waals surface area contributed by atoms with E-state index in [1.54, 1.807) is 7.11 Å². The second-order valence-corrected chi connectivity index (χ2v) is 4.55. The SMILES string of the molecule is COc1ccc(CCCC(=O)NCCCCN)cc1. The second-order valence-electron chi connectivity index (χ2n) is 4.55. The van der Waals surface area contributed by atoms with E-state index in [1.807, 2.05) is 24.3 Å². The summed E-state index contributed by atoms with van der Waals surface area (Å²) in [6.07, 6.45) is 4.29. The fraction of sp³-hybridized carbons (Fsp3) is 0.533. The van der Waals surface area contributed by atoms with E-state index in [1.165, 1.54) is 5.56 Å². The molecule has 0 unspecified atom stereocenters. The van der Waals surface area contributed by atoms with E-state index >= 15 is 0 Å². The molecule has 0 heterocycles. The van der Waals surface area contributed by atoms with E-state index in [2.05, 4.69) is 5.32 Å². The van der Waals surface area contributed by atoms with Gasteiger partial charge in [0.05, 0.1) is 7.11 Å². The number of benzene rings is 1. The van der Waals surface area contributed by atoms with E-state index in [9.17, 15) is 4.79 Å². The lowest BCUT2D eigenvalue weighted by Crippen LogP contribution is -2.24. The highest BCUT2D eigenvalue weighted by Crippen LogP contribution is 2.13. The molecule has 0 aliphatic heterocycles. The van der Waals surface area contributed by atoms with E-state index in [0.717, 1.165) is 38.0 Å². The number of unbranched alkanes of at least 4 members (excludes halogenated alkanes) is 1. The summed E-state index contributed by atoms with van der Waals surface area (Å²) in [4.78, 5) is 11.5. The van der Waals surface area contributed by atoms with E-state index in [0.29, 0.717) is 13.0 Å². The van der Waals surface area contributed by atoms with Crippen molar-refractivity contribution in [1.29, 1.82) is 0 Å². The Morgan fingerprint density at radius 1 is 1.21 bits per heavy atom. The Morgan fingerprint density at radius 3 is 2.58 bits per heavy atom. The van der Waals surface area contributed by atoms with Gasteiger partial charge in [0.1, 0.15) is 5.75 Å². The molecule has 1 aromatic carbocycles. The molecule has 0 aromatic heterocycles. The number of ether oxygens (including phenoxy) is 1. The van der Waals surface area contributed by atoms with Crippen LogP contribution in [0.5, 0.6) is 5.75 Å². The van der Waals surface area contributed by atoms with Crippen molar-refractivity contribution >= 4 is 5.91 Å². The lowest BCUT2D eigenvalue weighted by Gasteiger charge is -2.05. The van der Waals surface area contributed by atoms with Gasteiger partial charge in [0.2, 0.25) is 5.91 Å². The first-order valence-corrected chi connectivity index (χ1v) is 6.86. The van der Waals surface area contributed by atoms with Crippen molar-refractivity contribution in [2.24, 2.45) is 5.73 Å². The molecule has 0 atom stereocenters. The molecule has 0 radical (unpaired) electrons. The highest BCUT2D eigenvalue weighted by molar-refractivity contribution is 5.75. The molecular formula is C15H24N2O2. The summed E-state index contributed by atoms with van der Waals surface area (Å²) in [6, 6.07) is 7.97. The Labute approximate surface area is 115 Å². The summed E-state index contributed by atoms with van der Waals surface area (Å²) < 4.78 is 5.10. The lowest BCUT2D eigenvalue weighted by atomic mass is 10.1. The van der Waals surface area contributed by atoms with Gasteiger partial charge in [-0.1, -0.05) is 12.1 Å². The summed E-state index contributed by atoms with van der Waals surface area (Å²) in [6.45, 7) is 1.42. The Balaban J connectivity index is 2.13. The number of rotatable bonds is 9. The maximum atomic E-state index is 11.5. The van der Waals surface area contributed by atoms with Crippen LogP contribution in [0.25, 0.3) is 0 Å². The number of hydrogen-bond acceptors (Lipinski definition) is 3. The van der Waals surface area contributed by atoms with Gasteiger partial charge in [0.25, 0.3) is 0 Å². The van der Waals surface area contributed by atoms with Gasteiger partial charge in [0.15, 0.2) is 0 Å². The summed E-state index contributed by atoms with van der Waals surface area (Å²) in [5.74, 6) is 0.993. The molecule has 4 heteroatoms. The topological polar surface area (TPSA) is 64.3 Å². The second kappa shape index (κ2) is 9.39. The predicted octanol–water partition coefficient (Wildman–Crippen LogP) is 1.87. The van der Waals surface area contributed by atoms with Gasteiger partial charge in [-0.15, -0.1) is 0 Å². The van der Waals surface area contributed by atoms with Crippen LogP contribution < -0.4 is 15.8 Å². The highest BCUT2D eigenvalue weighted by atomic mass is 16.5. The van der Waals surface area contributed by atoms with Crippen molar-refractivity contribution in [2.75, 3.05) is 20.2 Å². The van der Waals surface area contributed by atoms with Crippen molar-refractivity contribution in [3.05, 3.63) is 29.8 Å². The highest BCUT2D eigenvalue weighted by Gasteiger charge is 2.01. The number of aryl methyl sites for hydroxylation is 1. The molecule has 4 nitrogen and oxygen atoms in total. The maximum Gasteiger partial charge on any atom is 0.220 e. The number of nitrogens with one attached hydrogen (secondary N) is 1. The lowest BCUT2D eigenvalue weighted by molar-refractivity contribution is -0.121. The van der Waals surface area contributed by atoms with E-state index in [4.69, 9.17) is 10.5 Å². The zero-order valence-electron chi connectivity index (χ0n) is 11.7. The third kappa shape index (κ3) is 6.82. The van der Waals surface area contributed by atoms with Crippen molar-refractivity contribution < 1.29 is 9.53 Å². The fourth-order valence-electron chi connectivity index (χ4n) is 1.83. The molecule has 0 fully saturated rings. The number of methoxy groups -OCH3 is 1. The minimum Gasteiger partial charge on any atom is -0.497 e. The minimum atomic E-state index is 0.130. The molecule has 3 N–H and O–H groups in total. The molecule has 0 bridgehead atoms. The summed E-state index contributed by atoms with van der Waals surface area (Å²) in [7, 11) is 1.66. The monoisotopic (exact) mass is 264 g/mol. The van der Waals surface area contributed by atoms with Crippen LogP contribution in [0.1, 0.15) is 31.2 Å². The quantitative estimate of drug-likeness (QED) is 0.669. The molecule has 0 aliphatic rings. The average molecular weight is 264 g/mol. The number of carbonyl (C=O) groups excluding carboxylic acids is 1. The standard InChI is InChI=1S/C15H24N2O2/c1-19-14-9-7-13(8-10-14)5-4-6-15(18)17-12-3-2-11-16/h7-10H,2-6,11-12,16H2,1H3,(H,17,18). The minimum absolute atomic E-state index is 0.130. The summed E-state index contributed by atoms with van der Waals surface area (Å²) >= 11 is 0. The molecule has 106 valence electrons. The smallest absolute Gasteiger partial charge is 0.220 e. The van der Waals surface area contributed by atoms with Crippen molar-refractivity contribution in [2.45, 2.75) is 32.1 Å². The van der Waals surface area contributed by atoms with E-state index in [-0.39, 0.29) is 5.91 Å². The Kier molecular flexibility index (Phi) is 7.66. The van der Waals surface area contributed by atoms with Crippen LogP contribution in [0.2, 0.25) is 0 Å². The number of carbonyl (C=O) groups is 1. The maximum absolute atomic E-state index is 11.5. The van der Waals surface area contributed by atoms with Crippen LogP contribution in [0.15, 0.2) is 24.3 Å². The number of hydrogen-bond donors (Lipinski definition) is 2. The van der Waals surface area contributed by atoms with E-state index < -0.39 is 0 Å². The van der Waals surface area contributed by atoms with Crippen molar-refractivity contribution in [3.63, 3.8) is 0 Å². The summed E-state index contributed by atoms with van der Waals surface area (Å²) in [5, 5.41) is 2.91. The average Bonchev–Trinajstić information content (AvgIpc) is 2.44. The van der Waals surface area contributed by atoms with Crippen molar-refractivity contribution in [3.8, 4) is 5.75 Å². The molecule has 1 rings (SSSR count). The van der Waals surface area contributed by atoms with Crippen molar-refractivity contribution in [1.82, 2.24) is 5.32 Å². The van der Waals surface area contributed by atoms with Crippen LogP contribution in [-0.4, -0.2) is 26.1 Å². The number of amides is 1. The molecule has 1 aromatic rings. The van der Waals surface area contributed by atoms with Gasteiger partial charge in [-0.25, -0.2) is 0 Å². The first-order chi connectivity index (χ1) is 9.26. The molecule has 19 heavy (non-hydrogen) atoms. The molecule has 1 amide bonds. The third-order valence-electron chi connectivity index (χ3n) is 2.98. The predicted molar refractivity (Wildman–Crippen MR) is 77.2 cm³/mol. The largest absolute Gasteiger partial charge is 0.497 e. The molecular weight excluding hydrogens is 240 g/mol. The molecule has 0 aliphatic carbocycles. The Hall–Kier alpha value is -1.55. The summed E-state index contributed by atoms with van der Waals surface area (Å²) in [5.41, 5.74) is 6.62. The van der Waals surface area contributed by atoms with Crippen LogP contribution in [0.4, 0.5) is 0 Å². The fourth-order valence-corrected chi connectivity index (χ4v) is 1.83. The van der Waals surface area contributed by atoms with Gasteiger partial charge in [0, 0.05) is 13.0 Å². The first kappa shape index (κ1) is 15.5. The zero-order chi connectivity index (χ0) is 13.9. The van der Waals surface area contributed by atoms with Gasteiger partial charge in [-0.3, -0.25) is 4.79 Å². The third-order valence-corrected chi connectivity index (χ3v) is 2.98. The molecule has 0 saturated heterocycles. The van der Waals surface area contributed by atoms with Crippen LogP contribution in [0.3, 0.4) is 0 Å². The van der Waals surface area contributed by atoms with Crippen LogP contribution >= 0.6 is 0 Å². The molecule has 0 saturated carbocycles. The number of nitrogens with two attached hydrogens (primary N) is 1. The van der Waals surface area contributed by atoms with Gasteiger partial charge < -0.3 is 15.8 Å². The normalized spacial score (nSPS) is 10.2. The Bertz CT molecular complexity index is 363. The van der Waals surface area contributed by atoms with Gasteiger partial charge >= 0.3 is 0 Å². The zero-order valence-corrected chi connectivity index (χ0v) is 11.7. The van der Waals surface area contributed by atoms with Gasteiger partial charge in [-0.2, -0.15) is 0 Å². The first-order valence-electron chi connectivity index (χ1n) is 6.86. The van der Waals surface area contributed by atoms with Crippen LogP contribution in [-0.2, 0) is 11.2 Å². The van der Waals surface area contributed by atoms with Gasteiger partial charge in [-0.05, 0) is 49.9 Å². The Morgan fingerprint density at radius 2 is 1.95 bits per heavy atom.